The number of benzene rings is 2. The second-order valence-electron chi connectivity index (χ2n) is 6.23. The van der Waals surface area contributed by atoms with Gasteiger partial charge in [-0.25, -0.2) is 0 Å². The number of hydrogen-bond donors (Lipinski definition) is 3. The monoisotopic (exact) mass is 472 g/mol. The average molecular weight is 473 g/mol. The van der Waals surface area contributed by atoms with Crippen molar-refractivity contribution < 1.29 is 19.3 Å². The molecular weight excluding hydrogens is 456 g/mol. The fourth-order valence-corrected chi connectivity index (χ4v) is 4.00. The molecule has 0 aliphatic heterocycles. The van der Waals surface area contributed by atoms with Crippen molar-refractivity contribution in [1.29, 1.82) is 0 Å². The first-order chi connectivity index (χ1) is 15.3. The Kier molecular flexibility index (Phi) is 7.46. The molecule has 0 unspecified atom stereocenters. The van der Waals surface area contributed by atoms with Crippen LogP contribution in [0.2, 0.25) is 0 Å². The Morgan fingerprint density at radius 3 is 2.47 bits per heavy atom. The number of aromatic nitrogens is 2. The zero-order valence-electron chi connectivity index (χ0n) is 16.5. The summed E-state index contributed by atoms with van der Waals surface area (Å²) in [7, 11) is 0. The third-order valence-corrected chi connectivity index (χ3v) is 5.71. The first-order valence-corrected chi connectivity index (χ1v) is 10.8. The number of nitrogens with one attached hydrogen (secondary N) is 3. The van der Waals surface area contributed by atoms with E-state index in [9.17, 15) is 24.5 Å². The smallest absolute Gasteiger partial charge is 0.270 e. The zero-order valence-corrected chi connectivity index (χ0v) is 18.2. The number of carbonyl (C=O) groups is 3. The molecule has 0 radical (unpaired) electrons. The van der Waals surface area contributed by atoms with E-state index in [1.807, 2.05) is 0 Å². The van der Waals surface area contributed by atoms with Crippen LogP contribution in [0.1, 0.15) is 17.3 Å². The van der Waals surface area contributed by atoms with E-state index >= 15 is 0 Å². The van der Waals surface area contributed by atoms with Crippen molar-refractivity contribution in [2.24, 2.45) is 0 Å². The molecule has 0 saturated heterocycles. The van der Waals surface area contributed by atoms with Crippen LogP contribution >= 0.6 is 23.1 Å². The minimum Gasteiger partial charge on any atom is -0.326 e. The topological polar surface area (TPSA) is 156 Å². The van der Waals surface area contributed by atoms with E-state index in [0.29, 0.717) is 15.7 Å². The Hall–Kier alpha value is -3.84. The van der Waals surface area contributed by atoms with E-state index in [-0.39, 0.29) is 33.9 Å². The van der Waals surface area contributed by atoms with Crippen LogP contribution in [0.4, 0.5) is 22.2 Å². The number of rotatable bonds is 8. The van der Waals surface area contributed by atoms with Crippen LogP contribution < -0.4 is 16.0 Å². The van der Waals surface area contributed by atoms with Gasteiger partial charge in [0.1, 0.15) is 0 Å². The van der Waals surface area contributed by atoms with E-state index in [4.69, 9.17) is 0 Å². The van der Waals surface area contributed by atoms with E-state index in [1.54, 1.807) is 24.3 Å². The zero-order chi connectivity index (χ0) is 23.1. The van der Waals surface area contributed by atoms with Crippen LogP contribution in [0.5, 0.6) is 0 Å². The first kappa shape index (κ1) is 22.8. The summed E-state index contributed by atoms with van der Waals surface area (Å²) in [5, 5.41) is 26.7. The lowest BCUT2D eigenvalue weighted by atomic mass is 10.2. The molecule has 2 aromatic carbocycles. The van der Waals surface area contributed by atoms with Crippen LogP contribution in [-0.4, -0.2) is 38.6 Å². The van der Waals surface area contributed by atoms with Gasteiger partial charge in [-0.15, -0.1) is 10.2 Å². The minimum absolute atomic E-state index is 0.0534. The Bertz CT molecular complexity index is 1180. The highest BCUT2D eigenvalue weighted by Gasteiger charge is 2.15. The predicted molar refractivity (Wildman–Crippen MR) is 121 cm³/mol. The molecule has 0 aliphatic carbocycles. The summed E-state index contributed by atoms with van der Waals surface area (Å²) < 4.78 is 0.460. The Morgan fingerprint density at radius 1 is 1.03 bits per heavy atom. The molecule has 11 nitrogen and oxygen atoms in total. The second-order valence-corrected chi connectivity index (χ2v) is 8.43. The van der Waals surface area contributed by atoms with Gasteiger partial charge in [-0.05, 0) is 24.3 Å². The number of hydrogen-bond acceptors (Lipinski definition) is 9. The normalized spacial score (nSPS) is 10.3. The lowest BCUT2D eigenvalue weighted by molar-refractivity contribution is -0.384. The second kappa shape index (κ2) is 10.5. The first-order valence-electron chi connectivity index (χ1n) is 9.00. The molecule has 164 valence electrons. The molecular formula is C19H16N6O5S2. The lowest BCUT2D eigenvalue weighted by Crippen LogP contribution is -2.14. The van der Waals surface area contributed by atoms with Crippen LogP contribution in [0, 0.1) is 10.1 Å². The number of nitro benzene ring substituents is 1. The standard InChI is InChI=1S/C19H16N6O5S2/c1-11(26)20-13-5-3-6-14(9-13)21-16(27)10-31-19-24-23-18(32-19)22-17(28)12-4-2-7-15(8-12)25(29)30/h2-9H,10H2,1H3,(H,20,26)(H,21,27)(H,22,23,28). The highest BCUT2D eigenvalue weighted by Crippen LogP contribution is 2.26. The van der Waals surface area contributed by atoms with Crippen molar-refractivity contribution in [3.63, 3.8) is 0 Å². The summed E-state index contributed by atoms with van der Waals surface area (Å²) in [6.07, 6.45) is 0. The molecule has 32 heavy (non-hydrogen) atoms. The summed E-state index contributed by atoms with van der Waals surface area (Å²) in [6.45, 7) is 1.39. The highest BCUT2D eigenvalue weighted by molar-refractivity contribution is 8.01. The Labute approximate surface area is 189 Å². The number of amides is 3. The van der Waals surface area contributed by atoms with E-state index < -0.39 is 10.8 Å². The average Bonchev–Trinajstić information content (AvgIpc) is 3.19. The van der Waals surface area contributed by atoms with Gasteiger partial charge >= 0.3 is 0 Å². The fourth-order valence-electron chi connectivity index (χ4n) is 2.45. The molecule has 3 rings (SSSR count). The van der Waals surface area contributed by atoms with Gasteiger partial charge in [0.2, 0.25) is 16.9 Å². The number of nitrogens with zero attached hydrogens (tertiary/aromatic N) is 3. The van der Waals surface area contributed by atoms with Crippen LogP contribution in [-0.2, 0) is 9.59 Å². The Morgan fingerprint density at radius 2 is 1.75 bits per heavy atom. The van der Waals surface area contributed by atoms with Crippen molar-refractivity contribution >= 4 is 63.0 Å². The third-order valence-electron chi connectivity index (χ3n) is 3.74. The van der Waals surface area contributed by atoms with Gasteiger partial charge in [0.25, 0.3) is 11.6 Å². The van der Waals surface area contributed by atoms with Crippen LogP contribution in [0.3, 0.4) is 0 Å². The number of thioether (sulfide) groups is 1. The molecule has 0 saturated carbocycles. The van der Waals surface area contributed by atoms with Crippen molar-refractivity contribution in [3.8, 4) is 0 Å². The molecule has 3 amide bonds. The van der Waals surface area contributed by atoms with Crippen LogP contribution in [0.15, 0.2) is 52.9 Å². The molecule has 3 aromatic rings. The third kappa shape index (κ3) is 6.58. The highest BCUT2D eigenvalue weighted by atomic mass is 32.2. The molecule has 3 N–H and O–H groups in total. The number of nitro groups is 1. The quantitative estimate of drug-likeness (QED) is 0.195. The number of anilines is 3. The Balaban J connectivity index is 1.52. The van der Waals surface area contributed by atoms with Crippen LogP contribution in [0.25, 0.3) is 0 Å². The SMILES string of the molecule is CC(=O)Nc1cccc(NC(=O)CSc2nnc(NC(=O)c3cccc([N+](=O)[O-])c3)s2)c1. The van der Waals surface area contributed by atoms with Gasteiger partial charge in [-0.3, -0.25) is 29.8 Å². The maximum Gasteiger partial charge on any atom is 0.270 e. The lowest BCUT2D eigenvalue weighted by Gasteiger charge is -2.07. The fraction of sp³-hybridized carbons (Fsp3) is 0.105. The molecule has 0 spiro atoms. The van der Waals surface area contributed by atoms with Crippen molar-refractivity contribution in [2.75, 3.05) is 21.7 Å². The molecule has 0 fully saturated rings. The summed E-state index contributed by atoms with van der Waals surface area (Å²) in [5.74, 6) is -1.00. The summed E-state index contributed by atoms with van der Waals surface area (Å²) in [4.78, 5) is 45.8. The number of carbonyl (C=O) groups excluding carboxylic acids is 3. The summed E-state index contributed by atoms with van der Waals surface area (Å²) in [6, 6.07) is 12.1. The molecule has 0 aliphatic rings. The van der Waals surface area contributed by atoms with Gasteiger partial charge in [-0.2, -0.15) is 0 Å². The van der Waals surface area contributed by atoms with Gasteiger partial charge in [-0.1, -0.05) is 35.2 Å². The van der Waals surface area contributed by atoms with Gasteiger partial charge < -0.3 is 10.6 Å². The molecule has 1 aromatic heterocycles. The molecule has 1 heterocycles. The van der Waals surface area contributed by atoms with E-state index in [0.717, 1.165) is 29.2 Å². The predicted octanol–water partition coefficient (Wildman–Crippen LogP) is 3.39. The number of non-ortho nitro benzene ring substituents is 1. The minimum atomic E-state index is -0.586. The van der Waals surface area contributed by atoms with Gasteiger partial charge in [0.05, 0.1) is 10.7 Å². The van der Waals surface area contributed by atoms with Crippen molar-refractivity contribution in [2.45, 2.75) is 11.3 Å². The van der Waals surface area contributed by atoms with Crippen molar-refractivity contribution in [1.82, 2.24) is 10.2 Å². The maximum absolute atomic E-state index is 12.3. The summed E-state index contributed by atoms with van der Waals surface area (Å²) in [5.41, 5.74) is 1.02. The largest absolute Gasteiger partial charge is 0.326 e. The van der Waals surface area contributed by atoms with Gasteiger partial charge in [0.15, 0.2) is 4.34 Å². The van der Waals surface area contributed by atoms with E-state index in [2.05, 4.69) is 26.1 Å². The maximum atomic E-state index is 12.3. The summed E-state index contributed by atoms with van der Waals surface area (Å²) >= 11 is 2.21. The molecule has 13 heteroatoms. The molecule has 0 atom stereocenters. The van der Waals surface area contributed by atoms with Gasteiger partial charge in [0, 0.05) is 36.0 Å². The molecule has 0 bridgehead atoms. The van der Waals surface area contributed by atoms with E-state index in [1.165, 1.54) is 25.1 Å². The van der Waals surface area contributed by atoms with Crippen molar-refractivity contribution in [3.05, 3.63) is 64.2 Å².